The minimum absolute atomic E-state index is 0.300. The van der Waals surface area contributed by atoms with E-state index in [-0.39, 0.29) is 0 Å². The summed E-state index contributed by atoms with van der Waals surface area (Å²) in [6.45, 7) is 6.84. The van der Waals surface area contributed by atoms with Crippen molar-refractivity contribution in [2.75, 3.05) is 13.2 Å². The van der Waals surface area contributed by atoms with Gasteiger partial charge in [0.05, 0.1) is 12.2 Å². The minimum Gasteiger partial charge on any atom is -0.449 e. The third kappa shape index (κ3) is 5.39. The first-order valence-electron chi connectivity index (χ1n) is 6.54. The van der Waals surface area contributed by atoms with Crippen molar-refractivity contribution in [2.24, 2.45) is 11.8 Å². The molecule has 1 saturated carbocycles. The molecule has 1 rings (SSSR count). The molecule has 0 saturated heterocycles. The van der Waals surface area contributed by atoms with Gasteiger partial charge < -0.3 is 15.2 Å². The van der Waals surface area contributed by atoms with E-state index in [2.05, 4.69) is 12.2 Å². The number of ether oxygens (including phenoxy) is 1. The molecule has 0 spiro atoms. The number of aliphatic hydroxyl groups is 1. The number of carbonyl (C=O) groups is 1. The summed E-state index contributed by atoms with van der Waals surface area (Å²) in [5, 5.41) is 13.0. The smallest absolute Gasteiger partial charge is 0.407 e. The summed E-state index contributed by atoms with van der Waals surface area (Å²) in [5.74, 6) is 0.862. The average molecular weight is 243 g/mol. The predicted molar refractivity (Wildman–Crippen MR) is 66.8 cm³/mol. The monoisotopic (exact) mass is 243 g/mol. The van der Waals surface area contributed by atoms with Gasteiger partial charge in [-0.1, -0.05) is 33.6 Å². The van der Waals surface area contributed by atoms with E-state index in [4.69, 9.17) is 4.74 Å². The maximum Gasteiger partial charge on any atom is 0.407 e. The van der Waals surface area contributed by atoms with Crippen molar-refractivity contribution in [3.05, 3.63) is 0 Å². The van der Waals surface area contributed by atoms with Crippen LogP contribution in [0.2, 0.25) is 0 Å². The Morgan fingerprint density at radius 3 is 2.88 bits per heavy atom. The molecular formula is C13H25NO3. The molecule has 0 aromatic carbocycles. The van der Waals surface area contributed by atoms with Crippen molar-refractivity contribution in [2.45, 2.75) is 52.1 Å². The van der Waals surface area contributed by atoms with Crippen molar-refractivity contribution in [3.8, 4) is 0 Å². The fourth-order valence-corrected chi connectivity index (χ4v) is 2.32. The van der Waals surface area contributed by atoms with Crippen LogP contribution in [0.15, 0.2) is 0 Å². The Morgan fingerprint density at radius 1 is 1.59 bits per heavy atom. The molecular weight excluding hydrogens is 218 g/mol. The van der Waals surface area contributed by atoms with Gasteiger partial charge in [0, 0.05) is 6.54 Å². The van der Waals surface area contributed by atoms with Crippen molar-refractivity contribution in [1.29, 1.82) is 0 Å². The first kappa shape index (κ1) is 14.3. The van der Waals surface area contributed by atoms with Crippen molar-refractivity contribution < 1.29 is 14.6 Å². The summed E-state index contributed by atoms with van der Waals surface area (Å²) in [6.07, 6.45) is 3.30. The Bertz CT molecular complexity index is 255. The van der Waals surface area contributed by atoms with Crippen LogP contribution in [0.1, 0.15) is 46.5 Å². The zero-order chi connectivity index (χ0) is 12.9. The van der Waals surface area contributed by atoms with Gasteiger partial charge in [0.25, 0.3) is 0 Å². The molecule has 2 atom stereocenters. The first-order valence-corrected chi connectivity index (χ1v) is 6.54. The van der Waals surface area contributed by atoms with Crippen LogP contribution in [-0.2, 0) is 4.74 Å². The van der Waals surface area contributed by atoms with E-state index in [9.17, 15) is 9.90 Å². The molecule has 1 aliphatic carbocycles. The molecule has 0 aliphatic heterocycles. The Labute approximate surface area is 104 Å². The van der Waals surface area contributed by atoms with Gasteiger partial charge in [-0.25, -0.2) is 4.79 Å². The summed E-state index contributed by atoms with van der Waals surface area (Å²) in [5.41, 5.74) is -0.742. The number of carbonyl (C=O) groups excluding carboxylic acids is 1. The van der Waals surface area contributed by atoms with Crippen LogP contribution in [0.3, 0.4) is 0 Å². The largest absolute Gasteiger partial charge is 0.449 e. The number of hydrogen-bond acceptors (Lipinski definition) is 3. The van der Waals surface area contributed by atoms with Crippen molar-refractivity contribution >= 4 is 6.09 Å². The van der Waals surface area contributed by atoms with E-state index in [1.165, 1.54) is 6.42 Å². The van der Waals surface area contributed by atoms with E-state index in [1.54, 1.807) is 0 Å². The number of rotatable bonds is 4. The third-order valence-corrected chi connectivity index (χ3v) is 3.18. The molecule has 0 heterocycles. The van der Waals surface area contributed by atoms with Gasteiger partial charge in [-0.15, -0.1) is 0 Å². The van der Waals surface area contributed by atoms with Crippen LogP contribution < -0.4 is 5.32 Å². The first-order chi connectivity index (χ1) is 7.91. The van der Waals surface area contributed by atoms with Gasteiger partial charge in [-0.2, -0.15) is 0 Å². The maximum absolute atomic E-state index is 11.4. The third-order valence-electron chi connectivity index (χ3n) is 3.18. The van der Waals surface area contributed by atoms with E-state index < -0.39 is 11.7 Å². The lowest BCUT2D eigenvalue weighted by molar-refractivity contribution is -0.0120. The SMILES string of the molecule is CC(C)COC(=O)NCC1(O)CCCC(C)C1. The average Bonchev–Trinajstić information content (AvgIpc) is 2.23. The summed E-state index contributed by atoms with van der Waals surface area (Å²) in [4.78, 5) is 11.4. The van der Waals surface area contributed by atoms with Gasteiger partial charge in [0.2, 0.25) is 0 Å². The maximum atomic E-state index is 11.4. The lowest BCUT2D eigenvalue weighted by Crippen LogP contribution is -2.46. The van der Waals surface area contributed by atoms with E-state index >= 15 is 0 Å². The van der Waals surface area contributed by atoms with Gasteiger partial charge in [0.1, 0.15) is 0 Å². The molecule has 0 aromatic rings. The highest BCUT2D eigenvalue weighted by atomic mass is 16.5. The second-order valence-corrected chi connectivity index (χ2v) is 5.77. The highest BCUT2D eigenvalue weighted by Crippen LogP contribution is 2.31. The zero-order valence-electron chi connectivity index (χ0n) is 11.2. The number of hydrogen-bond donors (Lipinski definition) is 2. The van der Waals surface area contributed by atoms with E-state index in [0.717, 1.165) is 19.3 Å². The molecule has 4 heteroatoms. The van der Waals surface area contributed by atoms with Crippen molar-refractivity contribution in [3.63, 3.8) is 0 Å². The molecule has 0 bridgehead atoms. The molecule has 0 radical (unpaired) electrons. The molecule has 17 heavy (non-hydrogen) atoms. The lowest BCUT2D eigenvalue weighted by atomic mass is 9.79. The second kappa shape index (κ2) is 6.24. The highest BCUT2D eigenvalue weighted by molar-refractivity contribution is 5.67. The minimum atomic E-state index is -0.742. The highest BCUT2D eigenvalue weighted by Gasteiger charge is 2.32. The van der Waals surface area contributed by atoms with Gasteiger partial charge in [-0.05, 0) is 24.7 Å². The predicted octanol–water partition coefficient (Wildman–Crippen LogP) is 2.31. The van der Waals surface area contributed by atoms with Gasteiger partial charge in [0.15, 0.2) is 0 Å². The quantitative estimate of drug-likeness (QED) is 0.796. The normalized spacial score (nSPS) is 29.1. The van der Waals surface area contributed by atoms with Crippen LogP contribution in [0, 0.1) is 11.8 Å². The van der Waals surface area contributed by atoms with Crippen LogP contribution in [0.5, 0.6) is 0 Å². The van der Waals surface area contributed by atoms with E-state index in [0.29, 0.717) is 25.0 Å². The summed E-state index contributed by atoms with van der Waals surface area (Å²) < 4.78 is 5.01. The summed E-state index contributed by atoms with van der Waals surface area (Å²) >= 11 is 0. The van der Waals surface area contributed by atoms with Gasteiger partial charge in [-0.3, -0.25) is 0 Å². The fraction of sp³-hybridized carbons (Fsp3) is 0.923. The van der Waals surface area contributed by atoms with Crippen LogP contribution in [0.25, 0.3) is 0 Å². The van der Waals surface area contributed by atoms with Crippen molar-refractivity contribution in [1.82, 2.24) is 5.32 Å². The molecule has 1 aliphatic rings. The molecule has 2 unspecified atom stereocenters. The molecule has 4 nitrogen and oxygen atoms in total. The standard InChI is InChI=1S/C13H25NO3/c1-10(2)8-17-12(15)14-9-13(16)6-4-5-11(3)7-13/h10-11,16H,4-9H2,1-3H3,(H,14,15). The summed E-state index contributed by atoms with van der Waals surface area (Å²) in [7, 11) is 0. The molecule has 1 fully saturated rings. The fourth-order valence-electron chi connectivity index (χ4n) is 2.32. The van der Waals surface area contributed by atoms with Crippen LogP contribution >= 0.6 is 0 Å². The Morgan fingerprint density at radius 2 is 2.29 bits per heavy atom. The topological polar surface area (TPSA) is 58.6 Å². The number of amides is 1. The molecule has 1 amide bonds. The Kier molecular flexibility index (Phi) is 5.25. The zero-order valence-corrected chi connectivity index (χ0v) is 11.2. The molecule has 100 valence electrons. The Balaban J connectivity index is 2.26. The number of alkyl carbamates (subject to hydrolysis) is 1. The van der Waals surface area contributed by atoms with Gasteiger partial charge >= 0.3 is 6.09 Å². The second-order valence-electron chi connectivity index (χ2n) is 5.77. The van der Waals surface area contributed by atoms with Crippen LogP contribution in [-0.4, -0.2) is 30.0 Å². The van der Waals surface area contributed by atoms with E-state index in [1.807, 2.05) is 13.8 Å². The number of nitrogens with one attached hydrogen (secondary N) is 1. The van der Waals surface area contributed by atoms with Crippen LogP contribution in [0.4, 0.5) is 4.79 Å². The molecule has 2 N–H and O–H groups in total. The lowest BCUT2D eigenvalue weighted by Gasteiger charge is -2.35. The molecule has 0 aromatic heterocycles. The Hall–Kier alpha value is -0.770. The summed E-state index contributed by atoms with van der Waals surface area (Å²) in [6, 6.07) is 0.